The molecule has 1 aliphatic rings. The Morgan fingerprint density at radius 2 is 1.83 bits per heavy atom. The van der Waals surface area contributed by atoms with Crippen LogP contribution in [0.1, 0.15) is 53.0 Å². The lowest BCUT2D eigenvalue weighted by atomic mass is 9.95. The van der Waals surface area contributed by atoms with Crippen molar-refractivity contribution in [3.63, 3.8) is 0 Å². The predicted octanol–water partition coefficient (Wildman–Crippen LogP) is 1.80. The van der Waals surface area contributed by atoms with Gasteiger partial charge in [0.15, 0.2) is 5.72 Å². The summed E-state index contributed by atoms with van der Waals surface area (Å²) in [6.07, 6.45) is 0.297. The number of epoxide rings is 1. The van der Waals surface area contributed by atoms with E-state index < -0.39 is 35.5 Å². The number of hydrogen-bond donors (Lipinski definition) is 6. The van der Waals surface area contributed by atoms with E-state index in [0.717, 1.165) is 5.56 Å². The van der Waals surface area contributed by atoms with Crippen LogP contribution in [-0.2, 0) is 20.9 Å². The van der Waals surface area contributed by atoms with Crippen molar-refractivity contribution in [1.82, 2.24) is 16.0 Å². The number of nitrogens with two attached hydrogens (primary N) is 1. The van der Waals surface area contributed by atoms with Crippen LogP contribution in [0.2, 0.25) is 0 Å². The van der Waals surface area contributed by atoms with Crippen molar-refractivity contribution in [1.29, 1.82) is 0 Å². The van der Waals surface area contributed by atoms with E-state index in [1.54, 1.807) is 45.0 Å². The van der Waals surface area contributed by atoms with Crippen molar-refractivity contribution < 1.29 is 29.0 Å². The van der Waals surface area contributed by atoms with Crippen LogP contribution in [0, 0.1) is 5.92 Å². The summed E-state index contributed by atoms with van der Waals surface area (Å²) < 4.78 is 11.2. The summed E-state index contributed by atoms with van der Waals surface area (Å²) >= 11 is 0. The second-order valence-electron chi connectivity index (χ2n) is 10.0. The van der Waals surface area contributed by atoms with E-state index in [1.807, 2.05) is 13.8 Å². The fourth-order valence-electron chi connectivity index (χ4n) is 3.69. The number of carbonyl (C=O) groups is 3. The average Bonchev–Trinajstić information content (AvgIpc) is 3.53. The number of benzene rings is 1. The van der Waals surface area contributed by atoms with Gasteiger partial charge in [-0.2, -0.15) is 0 Å². The van der Waals surface area contributed by atoms with Crippen molar-refractivity contribution in [2.24, 2.45) is 11.7 Å². The molecule has 1 aromatic rings. The van der Waals surface area contributed by atoms with E-state index in [4.69, 9.17) is 15.2 Å². The molecule has 1 aromatic carbocycles. The Morgan fingerprint density at radius 1 is 1.20 bits per heavy atom. The largest absolute Gasteiger partial charge is 0.444 e. The monoisotopic (exact) mass is 493 g/mol. The van der Waals surface area contributed by atoms with Gasteiger partial charge in [-0.25, -0.2) is 9.59 Å². The minimum absolute atomic E-state index is 0.0243. The first-order chi connectivity index (χ1) is 16.3. The molecule has 1 fully saturated rings. The van der Waals surface area contributed by atoms with E-state index in [2.05, 4.69) is 21.3 Å². The van der Waals surface area contributed by atoms with Gasteiger partial charge in [-0.05, 0) is 57.2 Å². The lowest BCUT2D eigenvalue weighted by molar-refractivity contribution is -0.119. The Labute approximate surface area is 206 Å². The standard InChI is InChI=1S/C24H39N5O6/c1-15(2)19(28-22(33)35-23(3,4)5)24(14-34-24)29-18(7-6-12-26-21(25)32)20(31)27-17-10-8-16(13-30)9-11-17/h8-11,15,18-19,29-30H,6-7,12-14H2,1-5H3,(H,27,31)(H,28,33)(H3,25,26,32)/t18-,19-,24?/m0/s1. The van der Waals surface area contributed by atoms with Crippen molar-refractivity contribution in [2.45, 2.75) is 77.5 Å². The minimum Gasteiger partial charge on any atom is -0.444 e. The van der Waals surface area contributed by atoms with Crippen LogP contribution < -0.4 is 27.0 Å². The number of nitrogens with one attached hydrogen (secondary N) is 4. The third-order valence-corrected chi connectivity index (χ3v) is 5.40. The fraction of sp³-hybridized carbons (Fsp3) is 0.625. The molecule has 2 rings (SSSR count). The van der Waals surface area contributed by atoms with Gasteiger partial charge in [-0.1, -0.05) is 26.0 Å². The van der Waals surface area contributed by atoms with Gasteiger partial charge < -0.3 is 36.3 Å². The maximum atomic E-state index is 13.2. The highest BCUT2D eigenvalue weighted by molar-refractivity contribution is 5.95. The smallest absolute Gasteiger partial charge is 0.408 e. The maximum Gasteiger partial charge on any atom is 0.408 e. The molecule has 0 radical (unpaired) electrons. The van der Waals surface area contributed by atoms with E-state index in [9.17, 15) is 19.5 Å². The molecule has 11 heteroatoms. The van der Waals surface area contributed by atoms with E-state index in [1.165, 1.54) is 0 Å². The summed E-state index contributed by atoms with van der Waals surface area (Å²) in [4.78, 5) is 36.7. The van der Waals surface area contributed by atoms with Gasteiger partial charge in [0.05, 0.1) is 25.3 Å². The summed E-state index contributed by atoms with van der Waals surface area (Å²) in [6, 6.07) is 5.08. The zero-order valence-electron chi connectivity index (χ0n) is 21.1. The first-order valence-electron chi connectivity index (χ1n) is 11.8. The summed E-state index contributed by atoms with van der Waals surface area (Å²) in [5.41, 5.74) is 4.85. The van der Waals surface area contributed by atoms with Crippen LogP contribution in [0.5, 0.6) is 0 Å². The second kappa shape index (κ2) is 12.2. The summed E-state index contributed by atoms with van der Waals surface area (Å²) in [5.74, 6) is -0.320. The van der Waals surface area contributed by atoms with Crippen LogP contribution in [0.15, 0.2) is 24.3 Å². The van der Waals surface area contributed by atoms with Gasteiger partial charge >= 0.3 is 12.1 Å². The normalized spacial score (nSPS) is 18.9. The van der Waals surface area contributed by atoms with Gasteiger partial charge in [0.2, 0.25) is 5.91 Å². The molecule has 0 saturated carbocycles. The molecule has 0 aliphatic carbocycles. The number of primary amides is 1. The lowest BCUT2D eigenvalue weighted by Crippen LogP contribution is -2.60. The Kier molecular flexibility index (Phi) is 9.87. The molecule has 196 valence electrons. The highest BCUT2D eigenvalue weighted by atomic mass is 16.6. The molecule has 0 aromatic heterocycles. The first kappa shape index (κ1) is 28.3. The Bertz CT molecular complexity index is 864. The average molecular weight is 494 g/mol. The molecule has 1 heterocycles. The Balaban J connectivity index is 2.14. The van der Waals surface area contributed by atoms with Crippen molar-refractivity contribution in [2.75, 3.05) is 18.5 Å². The molecular formula is C24H39N5O6. The second-order valence-corrected chi connectivity index (χ2v) is 10.0. The van der Waals surface area contributed by atoms with Crippen LogP contribution in [0.4, 0.5) is 15.3 Å². The molecule has 4 amide bonds. The number of alkyl carbamates (subject to hydrolysis) is 1. The van der Waals surface area contributed by atoms with Crippen molar-refractivity contribution in [3.8, 4) is 0 Å². The van der Waals surface area contributed by atoms with Gasteiger partial charge in [0.1, 0.15) is 5.60 Å². The third kappa shape index (κ3) is 9.35. The van der Waals surface area contributed by atoms with Crippen LogP contribution in [0.25, 0.3) is 0 Å². The van der Waals surface area contributed by atoms with E-state index >= 15 is 0 Å². The van der Waals surface area contributed by atoms with Gasteiger partial charge in [0.25, 0.3) is 0 Å². The molecule has 0 bridgehead atoms. The molecule has 0 spiro atoms. The number of ether oxygens (including phenoxy) is 2. The Morgan fingerprint density at radius 3 is 2.31 bits per heavy atom. The summed E-state index contributed by atoms with van der Waals surface area (Å²) in [5, 5.41) is 20.8. The number of aliphatic hydroxyl groups is 1. The zero-order valence-corrected chi connectivity index (χ0v) is 21.1. The highest BCUT2D eigenvalue weighted by Gasteiger charge is 2.55. The molecule has 11 nitrogen and oxygen atoms in total. The number of aliphatic hydroxyl groups excluding tert-OH is 1. The molecular weight excluding hydrogens is 454 g/mol. The minimum atomic E-state index is -0.940. The van der Waals surface area contributed by atoms with Gasteiger partial charge in [0, 0.05) is 12.2 Å². The number of hydrogen-bond acceptors (Lipinski definition) is 7. The summed E-state index contributed by atoms with van der Waals surface area (Å²) in [6.45, 7) is 9.77. The predicted molar refractivity (Wildman–Crippen MR) is 131 cm³/mol. The number of rotatable bonds is 12. The number of anilines is 1. The first-order valence-corrected chi connectivity index (χ1v) is 11.8. The molecule has 1 aliphatic heterocycles. The number of amides is 4. The number of urea groups is 1. The topological polar surface area (TPSA) is 167 Å². The third-order valence-electron chi connectivity index (χ3n) is 5.40. The maximum absolute atomic E-state index is 13.2. The Hall–Kier alpha value is -2.89. The fourth-order valence-corrected chi connectivity index (χ4v) is 3.69. The molecule has 35 heavy (non-hydrogen) atoms. The quantitative estimate of drug-likeness (QED) is 0.191. The van der Waals surface area contributed by atoms with Crippen LogP contribution in [-0.4, -0.2) is 59.7 Å². The van der Waals surface area contributed by atoms with Crippen LogP contribution in [0.3, 0.4) is 0 Å². The van der Waals surface area contributed by atoms with E-state index in [0.29, 0.717) is 31.7 Å². The van der Waals surface area contributed by atoms with Crippen molar-refractivity contribution in [3.05, 3.63) is 29.8 Å². The van der Waals surface area contributed by atoms with Gasteiger partial charge in [-0.15, -0.1) is 0 Å². The molecule has 1 saturated heterocycles. The molecule has 7 N–H and O–H groups in total. The van der Waals surface area contributed by atoms with Crippen molar-refractivity contribution >= 4 is 23.7 Å². The van der Waals surface area contributed by atoms with E-state index in [-0.39, 0.29) is 18.4 Å². The number of carbonyl (C=O) groups excluding carboxylic acids is 3. The lowest BCUT2D eigenvalue weighted by Gasteiger charge is -2.33. The molecule has 3 atom stereocenters. The molecule has 1 unspecified atom stereocenters. The summed E-state index contributed by atoms with van der Waals surface area (Å²) in [7, 11) is 0. The zero-order chi connectivity index (χ0) is 26.2. The van der Waals surface area contributed by atoms with Gasteiger partial charge in [-0.3, -0.25) is 10.1 Å². The SMILES string of the molecule is CC(C)[C@H](NC(=O)OC(C)(C)C)C1(N[C@@H](CCCNC(N)=O)C(=O)Nc2ccc(CO)cc2)CO1. The highest BCUT2D eigenvalue weighted by Crippen LogP contribution is 2.33. The van der Waals surface area contributed by atoms with Crippen LogP contribution >= 0.6 is 0 Å².